The van der Waals surface area contributed by atoms with E-state index in [4.69, 9.17) is 11.6 Å². The van der Waals surface area contributed by atoms with Gasteiger partial charge in [-0.05, 0) is 46.3 Å². The van der Waals surface area contributed by atoms with E-state index in [0.29, 0.717) is 18.9 Å². The van der Waals surface area contributed by atoms with Crippen LogP contribution in [0.25, 0.3) is 0 Å². The molecule has 1 fully saturated rings. The Morgan fingerprint density at radius 1 is 1.63 bits per heavy atom. The minimum absolute atomic E-state index is 0.0251. The maximum absolute atomic E-state index is 11.4. The van der Waals surface area contributed by atoms with Gasteiger partial charge in [0.25, 0.3) is 0 Å². The Hall–Kier alpha value is -0.880. The molecule has 0 radical (unpaired) electrons. The van der Waals surface area contributed by atoms with Gasteiger partial charge in [0.1, 0.15) is 5.82 Å². The zero-order valence-electron chi connectivity index (χ0n) is 10.7. The van der Waals surface area contributed by atoms with Crippen LogP contribution in [0.5, 0.6) is 0 Å². The molecule has 1 amide bonds. The standard InChI is InChI=1S/C12H16BrClN4O/c1-15-10(19)4-5-18(7-8-2-3-8)11-9(13)6-16-12(14)17-11/h6,8H,2-5,7H2,1H3,(H,15,19). The molecule has 1 aromatic heterocycles. The van der Waals surface area contributed by atoms with Gasteiger partial charge in [0.05, 0.1) is 4.47 Å². The molecule has 1 aliphatic carbocycles. The van der Waals surface area contributed by atoms with Crippen LogP contribution in [0.4, 0.5) is 5.82 Å². The summed E-state index contributed by atoms with van der Waals surface area (Å²) in [7, 11) is 1.64. The van der Waals surface area contributed by atoms with Gasteiger partial charge in [0.15, 0.2) is 0 Å². The van der Waals surface area contributed by atoms with Gasteiger partial charge in [-0.2, -0.15) is 4.98 Å². The average Bonchev–Trinajstić information content (AvgIpc) is 3.21. The van der Waals surface area contributed by atoms with Crippen molar-refractivity contribution in [2.24, 2.45) is 5.92 Å². The average molecular weight is 348 g/mol. The van der Waals surface area contributed by atoms with E-state index in [1.807, 2.05) is 0 Å². The van der Waals surface area contributed by atoms with E-state index in [0.717, 1.165) is 16.8 Å². The van der Waals surface area contributed by atoms with Crippen LogP contribution in [-0.4, -0.2) is 36.0 Å². The summed E-state index contributed by atoms with van der Waals surface area (Å²) in [6.45, 7) is 1.53. The van der Waals surface area contributed by atoms with E-state index in [1.165, 1.54) is 12.8 Å². The number of nitrogens with one attached hydrogen (secondary N) is 1. The van der Waals surface area contributed by atoms with Crippen molar-refractivity contribution in [1.29, 1.82) is 0 Å². The van der Waals surface area contributed by atoms with E-state index < -0.39 is 0 Å². The Bertz CT molecular complexity index is 467. The number of carbonyl (C=O) groups excluding carboxylic acids is 1. The van der Waals surface area contributed by atoms with Crippen LogP contribution in [0, 0.1) is 5.92 Å². The lowest BCUT2D eigenvalue weighted by Crippen LogP contribution is -2.32. The smallest absolute Gasteiger partial charge is 0.224 e. The molecule has 0 atom stereocenters. The fourth-order valence-corrected chi connectivity index (χ4v) is 2.39. The summed E-state index contributed by atoms with van der Waals surface area (Å²) in [5, 5.41) is 2.85. The quantitative estimate of drug-likeness (QED) is 0.802. The van der Waals surface area contributed by atoms with E-state index in [2.05, 4.69) is 36.1 Å². The molecular weight excluding hydrogens is 332 g/mol. The number of hydrogen-bond acceptors (Lipinski definition) is 4. The number of carbonyl (C=O) groups is 1. The first-order valence-electron chi connectivity index (χ1n) is 6.23. The van der Waals surface area contributed by atoms with Gasteiger partial charge in [0, 0.05) is 32.8 Å². The first-order valence-corrected chi connectivity index (χ1v) is 7.41. The molecule has 7 heteroatoms. The fraction of sp³-hybridized carbons (Fsp3) is 0.583. The second-order valence-corrected chi connectivity index (χ2v) is 5.82. The summed E-state index contributed by atoms with van der Waals surface area (Å²) >= 11 is 9.29. The van der Waals surface area contributed by atoms with E-state index in [-0.39, 0.29) is 11.2 Å². The third-order valence-corrected chi connectivity index (χ3v) is 3.80. The molecule has 1 saturated carbocycles. The highest BCUT2D eigenvalue weighted by molar-refractivity contribution is 9.10. The zero-order valence-corrected chi connectivity index (χ0v) is 13.0. The topological polar surface area (TPSA) is 58.1 Å². The Balaban J connectivity index is 2.10. The highest BCUT2D eigenvalue weighted by atomic mass is 79.9. The molecule has 1 heterocycles. The van der Waals surface area contributed by atoms with Crippen LogP contribution in [-0.2, 0) is 4.79 Å². The van der Waals surface area contributed by atoms with Crippen LogP contribution in [0.2, 0.25) is 5.28 Å². The molecule has 2 rings (SSSR count). The molecule has 1 aromatic rings. The number of aromatic nitrogens is 2. The predicted molar refractivity (Wildman–Crippen MR) is 78.4 cm³/mol. The normalized spacial score (nSPS) is 14.3. The third kappa shape index (κ3) is 4.31. The lowest BCUT2D eigenvalue weighted by Gasteiger charge is -2.24. The largest absolute Gasteiger partial charge is 0.359 e. The highest BCUT2D eigenvalue weighted by Crippen LogP contribution is 2.33. The van der Waals surface area contributed by atoms with Gasteiger partial charge in [-0.15, -0.1) is 0 Å². The Morgan fingerprint density at radius 3 is 3.00 bits per heavy atom. The molecule has 0 aromatic carbocycles. The van der Waals surface area contributed by atoms with Crippen molar-refractivity contribution < 1.29 is 4.79 Å². The van der Waals surface area contributed by atoms with Crippen molar-refractivity contribution in [3.8, 4) is 0 Å². The number of rotatable bonds is 6. The summed E-state index contributed by atoms with van der Waals surface area (Å²) in [5.41, 5.74) is 0. The molecule has 1 N–H and O–H groups in total. The third-order valence-electron chi connectivity index (χ3n) is 3.06. The fourth-order valence-electron chi connectivity index (χ4n) is 1.82. The van der Waals surface area contributed by atoms with Crippen LogP contribution >= 0.6 is 27.5 Å². The summed E-state index contributed by atoms with van der Waals surface area (Å²) < 4.78 is 0.800. The van der Waals surface area contributed by atoms with Gasteiger partial charge in [0.2, 0.25) is 11.2 Å². The highest BCUT2D eigenvalue weighted by Gasteiger charge is 2.26. The van der Waals surface area contributed by atoms with Crippen molar-refractivity contribution >= 4 is 39.3 Å². The molecule has 0 saturated heterocycles. The molecule has 5 nitrogen and oxygen atoms in total. The Labute approximate surface area is 125 Å². The minimum atomic E-state index is 0.0251. The minimum Gasteiger partial charge on any atom is -0.359 e. The Morgan fingerprint density at radius 2 is 2.37 bits per heavy atom. The van der Waals surface area contributed by atoms with Crippen molar-refractivity contribution in [3.05, 3.63) is 16.0 Å². The molecule has 0 aliphatic heterocycles. The van der Waals surface area contributed by atoms with Gasteiger partial charge in [-0.25, -0.2) is 4.98 Å². The maximum atomic E-state index is 11.4. The lowest BCUT2D eigenvalue weighted by molar-refractivity contribution is -0.120. The van der Waals surface area contributed by atoms with Crippen molar-refractivity contribution in [2.75, 3.05) is 25.0 Å². The molecule has 0 bridgehead atoms. The second-order valence-electron chi connectivity index (χ2n) is 4.62. The lowest BCUT2D eigenvalue weighted by atomic mass is 10.3. The first-order chi connectivity index (χ1) is 9.10. The summed E-state index contributed by atoms with van der Waals surface area (Å²) in [6.07, 6.45) is 4.57. The molecule has 1 aliphatic rings. The summed E-state index contributed by atoms with van der Waals surface area (Å²) in [4.78, 5) is 21.7. The Kier molecular flexibility index (Phi) is 4.99. The van der Waals surface area contributed by atoms with Crippen LogP contribution in [0.3, 0.4) is 0 Å². The van der Waals surface area contributed by atoms with Crippen molar-refractivity contribution in [3.63, 3.8) is 0 Å². The predicted octanol–water partition coefficient (Wildman–Crippen LogP) is 2.25. The molecule has 19 heavy (non-hydrogen) atoms. The molecule has 104 valence electrons. The number of hydrogen-bond donors (Lipinski definition) is 1. The number of amides is 1. The van der Waals surface area contributed by atoms with Crippen LogP contribution < -0.4 is 10.2 Å². The van der Waals surface area contributed by atoms with Gasteiger partial charge < -0.3 is 10.2 Å². The number of anilines is 1. The van der Waals surface area contributed by atoms with Gasteiger partial charge in [-0.3, -0.25) is 4.79 Å². The summed E-state index contributed by atoms with van der Waals surface area (Å²) in [6, 6.07) is 0. The van der Waals surface area contributed by atoms with Crippen molar-refractivity contribution in [2.45, 2.75) is 19.3 Å². The molecule has 0 spiro atoms. The number of nitrogens with zero attached hydrogens (tertiary/aromatic N) is 3. The first kappa shape index (κ1) is 14.5. The van der Waals surface area contributed by atoms with Crippen molar-refractivity contribution in [1.82, 2.24) is 15.3 Å². The van der Waals surface area contributed by atoms with Gasteiger partial charge >= 0.3 is 0 Å². The van der Waals surface area contributed by atoms with Crippen LogP contribution in [0.1, 0.15) is 19.3 Å². The van der Waals surface area contributed by atoms with Gasteiger partial charge in [-0.1, -0.05) is 0 Å². The molecule has 0 unspecified atom stereocenters. The second kappa shape index (κ2) is 6.52. The summed E-state index contributed by atoms with van der Waals surface area (Å²) in [5.74, 6) is 1.48. The van der Waals surface area contributed by atoms with E-state index >= 15 is 0 Å². The SMILES string of the molecule is CNC(=O)CCN(CC1CC1)c1nc(Cl)ncc1Br. The molecular formula is C12H16BrClN4O. The van der Waals surface area contributed by atoms with E-state index in [9.17, 15) is 4.79 Å². The van der Waals surface area contributed by atoms with E-state index in [1.54, 1.807) is 13.2 Å². The maximum Gasteiger partial charge on any atom is 0.224 e. The number of halogens is 2. The monoisotopic (exact) mass is 346 g/mol. The van der Waals surface area contributed by atoms with Crippen LogP contribution in [0.15, 0.2) is 10.7 Å². The zero-order chi connectivity index (χ0) is 13.8.